The largest absolute Gasteiger partial charge is 0.368 e. The lowest BCUT2D eigenvalue weighted by Crippen LogP contribution is -2.61. The highest BCUT2D eigenvalue weighted by molar-refractivity contribution is 5.17. The molecular weight excluding hydrogens is 236 g/mol. The molecule has 0 spiro atoms. The molecule has 3 nitrogen and oxygen atoms in total. The normalized spacial score (nSPS) is 28.5. The average Bonchev–Trinajstić information content (AvgIpc) is 2.53. The van der Waals surface area contributed by atoms with Crippen LogP contribution in [-0.4, -0.2) is 23.3 Å². The van der Waals surface area contributed by atoms with Crippen molar-refractivity contribution in [3.8, 4) is 0 Å². The van der Waals surface area contributed by atoms with Gasteiger partial charge in [-0.3, -0.25) is 0 Å². The minimum absolute atomic E-state index is 0.132. The molecular formula is C16H26N2O. The number of nitrogens with one attached hydrogen (secondary N) is 1. The maximum atomic E-state index is 6.19. The van der Waals surface area contributed by atoms with E-state index in [1.807, 2.05) is 6.07 Å². The van der Waals surface area contributed by atoms with Gasteiger partial charge in [0.1, 0.15) is 0 Å². The van der Waals surface area contributed by atoms with Gasteiger partial charge < -0.3 is 15.8 Å². The summed E-state index contributed by atoms with van der Waals surface area (Å²) in [6, 6.07) is 10.4. The van der Waals surface area contributed by atoms with Crippen molar-refractivity contribution in [1.82, 2.24) is 5.32 Å². The van der Waals surface area contributed by atoms with Crippen LogP contribution in [0, 0.1) is 0 Å². The standard InChI is InChI=1S/C16H26N2O/c1-14(2)11-16(12-17,15(3,4)19-14)18-10-13-8-6-5-7-9-13/h5-9,18H,10-12,17H2,1-4H3. The Morgan fingerprint density at radius 3 is 2.26 bits per heavy atom. The molecule has 1 atom stereocenters. The van der Waals surface area contributed by atoms with Crippen LogP contribution < -0.4 is 11.1 Å². The molecule has 0 bridgehead atoms. The van der Waals surface area contributed by atoms with Gasteiger partial charge in [-0.25, -0.2) is 0 Å². The predicted molar refractivity (Wildman–Crippen MR) is 78.9 cm³/mol. The Bertz CT molecular complexity index is 428. The molecule has 0 radical (unpaired) electrons. The lowest BCUT2D eigenvalue weighted by atomic mass is 9.79. The molecule has 0 amide bonds. The topological polar surface area (TPSA) is 47.3 Å². The summed E-state index contributed by atoms with van der Waals surface area (Å²) in [6.07, 6.45) is 0.927. The van der Waals surface area contributed by atoms with Gasteiger partial charge in [-0.2, -0.15) is 0 Å². The molecule has 19 heavy (non-hydrogen) atoms. The Labute approximate surface area is 116 Å². The molecule has 1 aromatic rings. The Morgan fingerprint density at radius 2 is 1.79 bits per heavy atom. The highest BCUT2D eigenvalue weighted by Gasteiger charge is 2.56. The van der Waals surface area contributed by atoms with Crippen LogP contribution in [0.1, 0.15) is 39.7 Å². The van der Waals surface area contributed by atoms with Gasteiger partial charge in [0.05, 0.1) is 16.7 Å². The SMILES string of the molecule is CC1(C)CC(CN)(NCc2ccccc2)C(C)(C)O1. The van der Waals surface area contributed by atoms with Crippen LogP contribution in [0.4, 0.5) is 0 Å². The highest BCUT2D eigenvalue weighted by atomic mass is 16.5. The molecule has 1 aliphatic rings. The molecule has 106 valence electrons. The van der Waals surface area contributed by atoms with E-state index in [0.717, 1.165) is 13.0 Å². The molecule has 1 unspecified atom stereocenters. The third-order valence-corrected chi connectivity index (χ3v) is 4.23. The molecule has 1 aromatic carbocycles. The second-order valence-electron chi connectivity index (χ2n) is 6.67. The Morgan fingerprint density at radius 1 is 1.16 bits per heavy atom. The molecule has 3 N–H and O–H groups in total. The average molecular weight is 262 g/mol. The minimum atomic E-state index is -0.264. The number of ether oxygens (including phenoxy) is 1. The van der Waals surface area contributed by atoms with Gasteiger partial charge in [0.15, 0.2) is 0 Å². The maximum absolute atomic E-state index is 6.19. The molecule has 1 heterocycles. The van der Waals surface area contributed by atoms with Gasteiger partial charge >= 0.3 is 0 Å². The fraction of sp³-hybridized carbons (Fsp3) is 0.625. The lowest BCUT2D eigenvalue weighted by molar-refractivity contribution is -0.0822. The zero-order chi connectivity index (χ0) is 14.1. The summed E-state index contributed by atoms with van der Waals surface area (Å²) in [5.74, 6) is 0. The van der Waals surface area contributed by atoms with Crippen molar-refractivity contribution >= 4 is 0 Å². The van der Waals surface area contributed by atoms with Gasteiger partial charge in [-0.1, -0.05) is 30.3 Å². The summed E-state index contributed by atoms with van der Waals surface area (Å²) in [5.41, 5.74) is 6.79. The Balaban J connectivity index is 2.15. The van der Waals surface area contributed by atoms with Crippen molar-refractivity contribution in [3.05, 3.63) is 35.9 Å². The maximum Gasteiger partial charge on any atom is 0.0828 e. The minimum Gasteiger partial charge on any atom is -0.368 e. The van der Waals surface area contributed by atoms with Crippen molar-refractivity contribution in [1.29, 1.82) is 0 Å². The van der Waals surface area contributed by atoms with Crippen LogP contribution in [0.3, 0.4) is 0 Å². The van der Waals surface area contributed by atoms with Crippen molar-refractivity contribution in [3.63, 3.8) is 0 Å². The summed E-state index contributed by atoms with van der Waals surface area (Å²) in [4.78, 5) is 0. The lowest BCUT2D eigenvalue weighted by Gasteiger charge is -2.40. The van der Waals surface area contributed by atoms with Crippen molar-refractivity contribution in [2.45, 2.75) is 57.4 Å². The molecule has 1 saturated heterocycles. The van der Waals surface area contributed by atoms with E-state index in [2.05, 4.69) is 57.3 Å². The van der Waals surface area contributed by atoms with Crippen molar-refractivity contribution in [2.24, 2.45) is 5.73 Å². The summed E-state index contributed by atoms with van der Waals surface area (Å²) < 4.78 is 6.19. The van der Waals surface area contributed by atoms with Gasteiger partial charge in [-0.05, 0) is 39.7 Å². The van der Waals surface area contributed by atoms with E-state index in [0.29, 0.717) is 6.54 Å². The Kier molecular flexibility index (Phi) is 3.74. The first-order valence-corrected chi connectivity index (χ1v) is 6.99. The quantitative estimate of drug-likeness (QED) is 0.876. The van der Waals surface area contributed by atoms with E-state index in [1.165, 1.54) is 5.56 Å². The first kappa shape index (κ1) is 14.5. The number of hydrogen-bond donors (Lipinski definition) is 2. The first-order valence-electron chi connectivity index (χ1n) is 6.99. The summed E-state index contributed by atoms with van der Waals surface area (Å²) in [6.45, 7) is 9.93. The van der Waals surface area contributed by atoms with Crippen LogP contribution in [0.5, 0.6) is 0 Å². The van der Waals surface area contributed by atoms with Crippen LogP contribution in [-0.2, 0) is 11.3 Å². The molecule has 0 saturated carbocycles. The van der Waals surface area contributed by atoms with E-state index in [1.54, 1.807) is 0 Å². The first-order chi connectivity index (χ1) is 8.80. The number of hydrogen-bond acceptors (Lipinski definition) is 3. The zero-order valence-corrected chi connectivity index (χ0v) is 12.5. The number of benzene rings is 1. The van der Waals surface area contributed by atoms with Gasteiger partial charge in [0.25, 0.3) is 0 Å². The molecule has 2 rings (SSSR count). The second kappa shape index (κ2) is 4.89. The third-order valence-electron chi connectivity index (χ3n) is 4.23. The molecule has 1 fully saturated rings. The molecule has 3 heteroatoms. The van der Waals surface area contributed by atoms with Crippen LogP contribution in [0.25, 0.3) is 0 Å². The fourth-order valence-electron chi connectivity index (χ4n) is 3.30. The van der Waals surface area contributed by atoms with Gasteiger partial charge in [-0.15, -0.1) is 0 Å². The van der Waals surface area contributed by atoms with E-state index in [9.17, 15) is 0 Å². The van der Waals surface area contributed by atoms with Crippen LogP contribution >= 0.6 is 0 Å². The number of rotatable bonds is 4. The van der Waals surface area contributed by atoms with E-state index < -0.39 is 0 Å². The van der Waals surface area contributed by atoms with Crippen molar-refractivity contribution < 1.29 is 4.74 Å². The summed E-state index contributed by atoms with van der Waals surface area (Å²) >= 11 is 0. The summed E-state index contributed by atoms with van der Waals surface area (Å²) in [7, 11) is 0. The molecule has 0 aliphatic carbocycles. The molecule has 1 aliphatic heterocycles. The second-order valence-corrected chi connectivity index (χ2v) is 6.67. The smallest absolute Gasteiger partial charge is 0.0828 e. The van der Waals surface area contributed by atoms with E-state index in [4.69, 9.17) is 10.5 Å². The predicted octanol–water partition coefficient (Wildman–Crippen LogP) is 2.45. The van der Waals surface area contributed by atoms with E-state index in [-0.39, 0.29) is 16.7 Å². The Hall–Kier alpha value is -0.900. The van der Waals surface area contributed by atoms with Gasteiger partial charge in [0.2, 0.25) is 0 Å². The zero-order valence-electron chi connectivity index (χ0n) is 12.5. The molecule has 0 aromatic heterocycles. The van der Waals surface area contributed by atoms with Gasteiger partial charge in [0, 0.05) is 13.1 Å². The third kappa shape index (κ3) is 2.83. The van der Waals surface area contributed by atoms with Crippen molar-refractivity contribution in [2.75, 3.05) is 6.54 Å². The van der Waals surface area contributed by atoms with E-state index >= 15 is 0 Å². The number of nitrogens with two attached hydrogens (primary N) is 1. The fourth-order valence-corrected chi connectivity index (χ4v) is 3.30. The summed E-state index contributed by atoms with van der Waals surface area (Å²) in [5, 5.41) is 3.66. The highest BCUT2D eigenvalue weighted by Crippen LogP contribution is 2.44. The van der Waals surface area contributed by atoms with Crippen LogP contribution in [0.15, 0.2) is 30.3 Å². The van der Waals surface area contributed by atoms with Crippen LogP contribution in [0.2, 0.25) is 0 Å². The monoisotopic (exact) mass is 262 g/mol.